The molecule has 3 N–H and O–H groups in total. The third kappa shape index (κ3) is 4.06. The van der Waals surface area contributed by atoms with Crippen molar-refractivity contribution >= 4 is 17.6 Å². The number of benzene rings is 1. The third-order valence-electron chi connectivity index (χ3n) is 3.73. The quantitative estimate of drug-likeness (QED) is 0.573. The summed E-state index contributed by atoms with van der Waals surface area (Å²) in [5.41, 5.74) is 6.98. The van der Waals surface area contributed by atoms with Crippen LogP contribution in [0, 0.1) is 13.8 Å². The molecule has 0 aliphatic carbocycles. The predicted molar refractivity (Wildman–Crippen MR) is 92.8 cm³/mol. The zero-order valence-corrected chi connectivity index (χ0v) is 14.6. The monoisotopic (exact) mass is 343 g/mol. The molecule has 0 bridgehead atoms. The van der Waals surface area contributed by atoms with E-state index in [4.69, 9.17) is 4.74 Å². The molecule has 1 aromatic heterocycles. The Morgan fingerprint density at radius 2 is 1.64 bits per heavy atom. The summed E-state index contributed by atoms with van der Waals surface area (Å²) in [6.45, 7) is 7.26. The second kappa shape index (κ2) is 7.65. The molecule has 7 heteroatoms. The Hall–Kier alpha value is -3.09. The number of aromatic nitrogens is 1. The number of rotatable bonds is 5. The summed E-state index contributed by atoms with van der Waals surface area (Å²) in [4.78, 5) is 38.8. The van der Waals surface area contributed by atoms with Gasteiger partial charge in [-0.2, -0.15) is 0 Å². The Kier molecular flexibility index (Phi) is 5.59. The molecule has 1 heterocycles. The van der Waals surface area contributed by atoms with Crippen molar-refractivity contribution in [3.05, 3.63) is 52.3 Å². The van der Waals surface area contributed by atoms with Gasteiger partial charge in [0.25, 0.3) is 11.8 Å². The number of carbonyl (C=O) groups is 3. The highest BCUT2D eigenvalue weighted by Crippen LogP contribution is 2.18. The van der Waals surface area contributed by atoms with E-state index in [1.165, 1.54) is 6.92 Å². The van der Waals surface area contributed by atoms with Gasteiger partial charge in [0.15, 0.2) is 5.78 Å². The van der Waals surface area contributed by atoms with Crippen LogP contribution in [0.1, 0.15) is 56.3 Å². The lowest BCUT2D eigenvalue weighted by Crippen LogP contribution is -2.42. The smallest absolute Gasteiger partial charge is 0.286 e. The Morgan fingerprint density at radius 1 is 1.04 bits per heavy atom. The van der Waals surface area contributed by atoms with E-state index < -0.39 is 11.8 Å². The molecule has 2 rings (SSSR count). The number of aryl methyl sites for hydroxylation is 1. The maximum Gasteiger partial charge on any atom is 0.286 e. The van der Waals surface area contributed by atoms with Gasteiger partial charge in [0, 0.05) is 16.8 Å². The SMILES string of the molecule is CCOc1ccc(C(=O)NNC(=O)c2[nH]c(C)c(C(C)=O)c2C)cc1. The number of H-pyrrole nitrogens is 1. The normalized spacial score (nSPS) is 10.2. The van der Waals surface area contributed by atoms with Crippen molar-refractivity contribution in [2.45, 2.75) is 27.7 Å². The number of hydrogen-bond acceptors (Lipinski definition) is 4. The molecule has 2 amide bonds. The Bertz CT molecular complexity index is 806. The number of ether oxygens (including phenoxy) is 1. The van der Waals surface area contributed by atoms with Crippen LogP contribution in [-0.4, -0.2) is 29.2 Å². The van der Waals surface area contributed by atoms with Crippen LogP contribution in [0.3, 0.4) is 0 Å². The maximum absolute atomic E-state index is 12.2. The summed E-state index contributed by atoms with van der Waals surface area (Å²) in [7, 11) is 0. The van der Waals surface area contributed by atoms with Gasteiger partial charge in [0.05, 0.1) is 6.61 Å². The first-order chi connectivity index (χ1) is 11.8. The molecule has 0 saturated carbocycles. The number of aromatic amines is 1. The van der Waals surface area contributed by atoms with Crippen molar-refractivity contribution in [2.75, 3.05) is 6.61 Å². The number of ketones is 1. The van der Waals surface area contributed by atoms with Crippen molar-refractivity contribution in [2.24, 2.45) is 0 Å². The van der Waals surface area contributed by atoms with Gasteiger partial charge < -0.3 is 9.72 Å². The number of nitrogens with one attached hydrogen (secondary N) is 3. The van der Waals surface area contributed by atoms with E-state index in [1.54, 1.807) is 38.1 Å². The summed E-state index contributed by atoms with van der Waals surface area (Å²) in [6.07, 6.45) is 0. The molecule has 0 atom stereocenters. The van der Waals surface area contributed by atoms with Gasteiger partial charge in [-0.3, -0.25) is 25.2 Å². The van der Waals surface area contributed by atoms with E-state index in [-0.39, 0.29) is 11.5 Å². The van der Waals surface area contributed by atoms with Crippen LogP contribution in [-0.2, 0) is 0 Å². The lowest BCUT2D eigenvalue weighted by atomic mass is 10.1. The summed E-state index contributed by atoms with van der Waals surface area (Å²) < 4.78 is 5.31. The van der Waals surface area contributed by atoms with Crippen molar-refractivity contribution in [3.63, 3.8) is 0 Å². The molecule has 0 unspecified atom stereocenters. The first-order valence-corrected chi connectivity index (χ1v) is 7.88. The first-order valence-electron chi connectivity index (χ1n) is 7.88. The van der Waals surface area contributed by atoms with Crippen LogP contribution in [0.25, 0.3) is 0 Å². The molecule has 0 fully saturated rings. The molecule has 0 saturated heterocycles. The van der Waals surface area contributed by atoms with Gasteiger partial charge in [-0.25, -0.2) is 0 Å². The summed E-state index contributed by atoms with van der Waals surface area (Å²) in [5.74, 6) is -0.433. The summed E-state index contributed by atoms with van der Waals surface area (Å²) in [5, 5.41) is 0. The van der Waals surface area contributed by atoms with Gasteiger partial charge in [0.1, 0.15) is 11.4 Å². The highest BCUT2D eigenvalue weighted by Gasteiger charge is 2.20. The average molecular weight is 343 g/mol. The standard InChI is InChI=1S/C18H21N3O4/c1-5-25-14-8-6-13(7-9-14)17(23)20-21-18(24)16-10(2)15(12(4)22)11(3)19-16/h6-9,19H,5H2,1-4H3,(H,20,23)(H,21,24). The molecule has 0 radical (unpaired) electrons. The highest BCUT2D eigenvalue weighted by atomic mass is 16.5. The van der Waals surface area contributed by atoms with E-state index in [2.05, 4.69) is 15.8 Å². The zero-order valence-electron chi connectivity index (χ0n) is 14.6. The number of carbonyl (C=O) groups excluding carboxylic acids is 3. The zero-order chi connectivity index (χ0) is 18.6. The lowest BCUT2D eigenvalue weighted by Gasteiger charge is -2.08. The van der Waals surface area contributed by atoms with Crippen LogP contribution < -0.4 is 15.6 Å². The van der Waals surface area contributed by atoms with E-state index >= 15 is 0 Å². The molecule has 1 aromatic carbocycles. The van der Waals surface area contributed by atoms with Crippen molar-refractivity contribution in [3.8, 4) is 5.75 Å². The molecular formula is C18H21N3O4. The van der Waals surface area contributed by atoms with Crippen molar-refractivity contribution in [1.29, 1.82) is 0 Å². The molecule has 25 heavy (non-hydrogen) atoms. The van der Waals surface area contributed by atoms with E-state index in [0.29, 0.717) is 34.7 Å². The summed E-state index contributed by atoms with van der Waals surface area (Å²) in [6, 6.07) is 6.56. The molecule has 0 aliphatic heterocycles. The minimum absolute atomic E-state index is 0.122. The van der Waals surface area contributed by atoms with Gasteiger partial charge in [-0.15, -0.1) is 0 Å². The number of Topliss-reactive ketones (excluding diaryl/α,β-unsaturated/α-hetero) is 1. The van der Waals surface area contributed by atoms with Crippen molar-refractivity contribution in [1.82, 2.24) is 15.8 Å². The lowest BCUT2D eigenvalue weighted by molar-refractivity contribution is 0.0843. The van der Waals surface area contributed by atoms with Crippen LogP contribution in [0.4, 0.5) is 0 Å². The minimum Gasteiger partial charge on any atom is -0.494 e. The van der Waals surface area contributed by atoms with Crippen LogP contribution >= 0.6 is 0 Å². The van der Waals surface area contributed by atoms with Crippen LogP contribution in [0.15, 0.2) is 24.3 Å². The largest absolute Gasteiger partial charge is 0.494 e. The Balaban J connectivity index is 2.03. The summed E-state index contributed by atoms with van der Waals surface area (Å²) >= 11 is 0. The van der Waals surface area contributed by atoms with E-state index in [9.17, 15) is 14.4 Å². The van der Waals surface area contributed by atoms with Gasteiger partial charge in [0.2, 0.25) is 0 Å². The number of hydrogen-bond donors (Lipinski definition) is 3. The Morgan fingerprint density at radius 3 is 2.16 bits per heavy atom. The van der Waals surface area contributed by atoms with Crippen LogP contribution in [0.2, 0.25) is 0 Å². The maximum atomic E-state index is 12.2. The molecule has 2 aromatic rings. The third-order valence-corrected chi connectivity index (χ3v) is 3.73. The number of amides is 2. The Labute approximate surface area is 145 Å². The van der Waals surface area contributed by atoms with Crippen LogP contribution in [0.5, 0.6) is 5.75 Å². The fraction of sp³-hybridized carbons (Fsp3) is 0.278. The molecule has 7 nitrogen and oxygen atoms in total. The van der Waals surface area contributed by atoms with Gasteiger partial charge in [-0.05, 0) is 57.5 Å². The van der Waals surface area contributed by atoms with Gasteiger partial charge in [-0.1, -0.05) is 0 Å². The van der Waals surface area contributed by atoms with E-state index in [1.807, 2.05) is 6.92 Å². The first kappa shape index (κ1) is 18.3. The number of hydrazine groups is 1. The van der Waals surface area contributed by atoms with E-state index in [0.717, 1.165) is 0 Å². The second-order valence-electron chi connectivity index (χ2n) is 5.55. The molecule has 0 spiro atoms. The predicted octanol–water partition coefficient (Wildman–Crippen LogP) is 2.31. The molecule has 0 aliphatic rings. The molecular weight excluding hydrogens is 322 g/mol. The second-order valence-corrected chi connectivity index (χ2v) is 5.55. The fourth-order valence-corrected chi connectivity index (χ4v) is 2.62. The average Bonchev–Trinajstić information content (AvgIpc) is 2.88. The van der Waals surface area contributed by atoms with Crippen molar-refractivity contribution < 1.29 is 19.1 Å². The topological polar surface area (TPSA) is 100 Å². The molecule has 132 valence electrons. The highest BCUT2D eigenvalue weighted by molar-refractivity contribution is 6.03. The fourth-order valence-electron chi connectivity index (χ4n) is 2.62. The van der Waals surface area contributed by atoms with Gasteiger partial charge >= 0.3 is 0 Å². The minimum atomic E-state index is -0.521.